The topological polar surface area (TPSA) is 49.5 Å². The van der Waals surface area contributed by atoms with Crippen molar-refractivity contribution in [1.82, 2.24) is 4.90 Å². The summed E-state index contributed by atoms with van der Waals surface area (Å²) in [5.74, 6) is 0.313. The summed E-state index contributed by atoms with van der Waals surface area (Å²) in [6.45, 7) is 4.94. The quantitative estimate of drug-likeness (QED) is 0.792. The highest BCUT2D eigenvalue weighted by molar-refractivity contribution is 5.29. The van der Waals surface area contributed by atoms with Crippen LogP contribution >= 0.6 is 0 Å². The molecule has 0 aliphatic rings. The summed E-state index contributed by atoms with van der Waals surface area (Å²) in [5.41, 5.74) is 6.86. The number of benzene rings is 1. The molecule has 0 aliphatic heterocycles. The first-order valence-electron chi connectivity index (χ1n) is 5.25. The van der Waals surface area contributed by atoms with Crippen LogP contribution in [0, 0.1) is 0 Å². The molecule has 0 heterocycles. The van der Waals surface area contributed by atoms with Gasteiger partial charge in [-0.1, -0.05) is 12.1 Å². The van der Waals surface area contributed by atoms with E-state index in [0.29, 0.717) is 5.75 Å². The van der Waals surface area contributed by atoms with Crippen LogP contribution in [-0.4, -0.2) is 29.6 Å². The summed E-state index contributed by atoms with van der Waals surface area (Å²) in [4.78, 5) is 2.18. The van der Waals surface area contributed by atoms with E-state index >= 15 is 0 Å². The van der Waals surface area contributed by atoms with Crippen molar-refractivity contribution < 1.29 is 5.11 Å². The second-order valence-corrected chi connectivity index (χ2v) is 4.19. The Balaban J connectivity index is 2.71. The van der Waals surface area contributed by atoms with Gasteiger partial charge in [-0.3, -0.25) is 4.90 Å². The minimum Gasteiger partial charge on any atom is -0.508 e. The van der Waals surface area contributed by atoms with E-state index in [1.807, 2.05) is 26.1 Å². The first-order valence-corrected chi connectivity index (χ1v) is 5.25. The van der Waals surface area contributed by atoms with Crippen LogP contribution in [-0.2, 0) is 0 Å². The van der Waals surface area contributed by atoms with Gasteiger partial charge in [0.25, 0.3) is 0 Å². The molecular weight excluding hydrogens is 188 g/mol. The highest BCUT2D eigenvalue weighted by Crippen LogP contribution is 2.21. The average molecular weight is 208 g/mol. The average Bonchev–Trinajstić information content (AvgIpc) is 2.15. The molecule has 0 bridgehead atoms. The summed E-state index contributed by atoms with van der Waals surface area (Å²) in [6.07, 6.45) is 0. The Labute approximate surface area is 91.5 Å². The van der Waals surface area contributed by atoms with Gasteiger partial charge in [0, 0.05) is 18.6 Å². The van der Waals surface area contributed by atoms with Gasteiger partial charge in [0.2, 0.25) is 0 Å². The van der Waals surface area contributed by atoms with Crippen molar-refractivity contribution in [3.05, 3.63) is 29.8 Å². The molecule has 0 amide bonds. The van der Waals surface area contributed by atoms with Gasteiger partial charge in [-0.25, -0.2) is 0 Å². The molecule has 1 aromatic carbocycles. The maximum absolute atomic E-state index is 9.38. The molecule has 2 unspecified atom stereocenters. The second-order valence-electron chi connectivity index (χ2n) is 4.19. The Hall–Kier alpha value is -1.06. The van der Waals surface area contributed by atoms with Crippen LogP contribution in [0.1, 0.15) is 25.5 Å². The van der Waals surface area contributed by atoms with E-state index in [1.165, 1.54) is 0 Å². The van der Waals surface area contributed by atoms with Crippen LogP contribution in [0.2, 0.25) is 0 Å². The molecular formula is C12H20N2O. The molecule has 0 aromatic heterocycles. The lowest BCUT2D eigenvalue weighted by Crippen LogP contribution is -2.34. The minimum absolute atomic E-state index is 0.162. The smallest absolute Gasteiger partial charge is 0.115 e. The number of nitrogens with zero attached hydrogens (tertiary/aromatic N) is 1. The molecule has 0 aliphatic carbocycles. The maximum atomic E-state index is 9.38. The number of nitrogens with two attached hydrogens (primary N) is 1. The molecule has 2 atom stereocenters. The SMILES string of the molecule is CC(N)CN(C)C(C)c1cccc(O)c1. The van der Waals surface area contributed by atoms with E-state index in [4.69, 9.17) is 5.73 Å². The van der Waals surface area contributed by atoms with Crippen LogP contribution in [0.3, 0.4) is 0 Å². The number of phenolic OH excluding ortho intramolecular Hbond substituents is 1. The van der Waals surface area contributed by atoms with E-state index in [1.54, 1.807) is 12.1 Å². The zero-order valence-corrected chi connectivity index (χ0v) is 9.64. The summed E-state index contributed by atoms with van der Waals surface area (Å²) in [5, 5.41) is 9.38. The number of aromatic hydroxyl groups is 1. The summed E-state index contributed by atoms with van der Waals surface area (Å²) >= 11 is 0. The van der Waals surface area contributed by atoms with Gasteiger partial charge in [-0.05, 0) is 38.6 Å². The van der Waals surface area contributed by atoms with Crippen molar-refractivity contribution in [3.8, 4) is 5.75 Å². The van der Waals surface area contributed by atoms with Gasteiger partial charge in [0.05, 0.1) is 0 Å². The van der Waals surface area contributed by atoms with Crippen LogP contribution in [0.15, 0.2) is 24.3 Å². The molecule has 3 heteroatoms. The molecule has 0 saturated heterocycles. The van der Waals surface area contributed by atoms with Crippen molar-refractivity contribution in [2.24, 2.45) is 5.73 Å². The van der Waals surface area contributed by atoms with E-state index in [0.717, 1.165) is 12.1 Å². The van der Waals surface area contributed by atoms with Crippen LogP contribution < -0.4 is 5.73 Å². The van der Waals surface area contributed by atoms with Gasteiger partial charge in [0.1, 0.15) is 5.75 Å². The fourth-order valence-corrected chi connectivity index (χ4v) is 1.65. The molecule has 0 spiro atoms. The van der Waals surface area contributed by atoms with E-state index in [2.05, 4.69) is 11.8 Å². The Bertz CT molecular complexity index is 312. The highest BCUT2D eigenvalue weighted by atomic mass is 16.3. The molecule has 0 saturated carbocycles. The first kappa shape index (κ1) is 12.0. The molecule has 0 radical (unpaired) electrons. The number of phenols is 1. The molecule has 15 heavy (non-hydrogen) atoms. The van der Waals surface area contributed by atoms with Gasteiger partial charge in [-0.15, -0.1) is 0 Å². The fourth-order valence-electron chi connectivity index (χ4n) is 1.65. The Morgan fingerprint density at radius 2 is 2.07 bits per heavy atom. The van der Waals surface area contributed by atoms with Crippen molar-refractivity contribution >= 4 is 0 Å². The van der Waals surface area contributed by atoms with Crippen LogP contribution in [0.25, 0.3) is 0 Å². The van der Waals surface area contributed by atoms with Gasteiger partial charge < -0.3 is 10.8 Å². The third-order valence-corrected chi connectivity index (χ3v) is 2.59. The molecule has 3 N–H and O–H groups in total. The van der Waals surface area contributed by atoms with Crippen molar-refractivity contribution in [2.45, 2.75) is 25.9 Å². The van der Waals surface area contributed by atoms with E-state index in [-0.39, 0.29) is 12.1 Å². The zero-order chi connectivity index (χ0) is 11.4. The van der Waals surface area contributed by atoms with Crippen LogP contribution in [0.4, 0.5) is 0 Å². The largest absolute Gasteiger partial charge is 0.508 e. The number of rotatable bonds is 4. The van der Waals surface area contributed by atoms with Crippen LogP contribution in [0.5, 0.6) is 5.75 Å². The number of likely N-dealkylation sites (N-methyl/N-ethyl adjacent to an activating group) is 1. The lowest BCUT2D eigenvalue weighted by atomic mass is 10.1. The number of hydrogen-bond donors (Lipinski definition) is 2. The lowest BCUT2D eigenvalue weighted by molar-refractivity contribution is 0.249. The predicted octanol–water partition coefficient (Wildman–Crippen LogP) is 1.73. The third-order valence-electron chi connectivity index (χ3n) is 2.59. The van der Waals surface area contributed by atoms with E-state index in [9.17, 15) is 5.11 Å². The first-order chi connectivity index (χ1) is 7.00. The van der Waals surface area contributed by atoms with Gasteiger partial charge in [0.15, 0.2) is 0 Å². The van der Waals surface area contributed by atoms with Crippen molar-refractivity contribution in [2.75, 3.05) is 13.6 Å². The Morgan fingerprint density at radius 1 is 1.40 bits per heavy atom. The van der Waals surface area contributed by atoms with Gasteiger partial charge >= 0.3 is 0 Å². The Kier molecular flexibility index (Phi) is 4.12. The molecule has 1 rings (SSSR count). The third kappa shape index (κ3) is 3.53. The lowest BCUT2D eigenvalue weighted by Gasteiger charge is -2.26. The zero-order valence-electron chi connectivity index (χ0n) is 9.64. The standard InChI is InChI=1S/C12H20N2O/c1-9(13)8-14(3)10(2)11-5-4-6-12(15)7-11/h4-7,9-10,15H,8,13H2,1-3H3. The summed E-state index contributed by atoms with van der Waals surface area (Å²) in [6, 6.07) is 7.78. The molecule has 3 nitrogen and oxygen atoms in total. The highest BCUT2D eigenvalue weighted by Gasteiger charge is 2.12. The predicted molar refractivity (Wildman–Crippen MR) is 62.8 cm³/mol. The summed E-state index contributed by atoms with van der Waals surface area (Å²) < 4.78 is 0. The molecule has 0 fully saturated rings. The molecule has 1 aromatic rings. The second kappa shape index (κ2) is 5.14. The van der Waals surface area contributed by atoms with Gasteiger partial charge in [-0.2, -0.15) is 0 Å². The minimum atomic E-state index is 0.162. The Morgan fingerprint density at radius 3 is 2.60 bits per heavy atom. The maximum Gasteiger partial charge on any atom is 0.115 e. The normalized spacial score (nSPS) is 15.3. The monoisotopic (exact) mass is 208 g/mol. The number of hydrogen-bond acceptors (Lipinski definition) is 3. The van der Waals surface area contributed by atoms with Crippen molar-refractivity contribution in [1.29, 1.82) is 0 Å². The summed E-state index contributed by atoms with van der Waals surface area (Å²) in [7, 11) is 2.04. The fraction of sp³-hybridized carbons (Fsp3) is 0.500. The van der Waals surface area contributed by atoms with Crippen molar-refractivity contribution in [3.63, 3.8) is 0 Å². The van der Waals surface area contributed by atoms with E-state index < -0.39 is 0 Å². The molecule has 84 valence electrons.